The van der Waals surface area contributed by atoms with Crippen LogP contribution in [0, 0.1) is 0 Å². The number of thiazole rings is 1. The zero-order valence-electron chi connectivity index (χ0n) is 16.3. The van der Waals surface area contributed by atoms with Gasteiger partial charge >= 0.3 is 0 Å². The van der Waals surface area contributed by atoms with Gasteiger partial charge in [-0.05, 0) is 67.8 Å². The van der Waals surface area contributed by atoms with Crippen molar-refractivity contribution >= 4 is 45.6 Å². The Labute approximate surface area is 183 Å². The number of aryl methyl sites for hydroxylation is 1. The summed E-state index contributed by atoms with van der Waals surface area (Å²) in [6, 6.07) is 13.9. The van der Waals surface area contributed by atoms with Gasteiger partial charge in [0.15, 0.2) is 5.13 Å². The molecule has 154 valence electrons. The van der Waals surface area contributed by atoms with E-state index in [1.165, 1.54) is 11.3 Å². The second kappa shape index (κ2) is 8.85. The van der Waals surface area contributed by atoms with Crippen molar-refractivity contribution in [3.8, 4) is 5.75 Å². The fraction of sp³-hybridized carbons (Fsp3) is 0.227. The topological polar surface area (TPSA) is 80.3 Å². The highest BCUT2D eigenvalue weighted by Crippen LogP contribution is 2.37. The molecule has 1 heterocycles. The summed E-state index contributed by atoms with van der Waals surface area (Å²) in [5.74, 6) is 0.0424. The minimum absolute atomic E-state index is 0.0954. The minimum Gasteiger partial charge on any atom is -0.497 e. The molecule has 0 saturated heterocycles. The smallest absolute Gasteiger partial charge is 0.257 e. The number of anilines is 2. The number of methoxy groups -OCH3 is 1. The number of nitrogens with zero attached hydrogens (tertiary/aromatic N) is 1. The molecule has 1 aliphatic carbocycles. The molecule has 1 unspecified atom stereocenters. The molecule has 1 atom stereocenters. The van der Waals surface area contributed by atoms with E-state index in [1.54, 1.807) is 55.6 Å². The first-order valence-corrected chi connectivity index (χ1v) is 10.7. The molecule has 3 aromatic rings. The Morgan fingerprint density at radius 1 is 1.10 bits per heavy atom. The number of nitrogens with one attached hydrogen (secondary N) is 2. The first kappa shape index (κ1) is 20.4. The van der Waals surface area contributed by atoms with Crippen molar-refractivity contribution in [3.05, 3.63) is 69.7 Å². The van der Waals surface area contributed by atoms with Gasteiger partial charge in [0.1, 0.15) is 5.75 Å². The van der Waals surface area contributed by atoms with E-state index < -0.39 is 0 Å². The molecular formula is C22H20ClN3O3S. The average molecular weight is 442 g/mol. The molecular weight excluding hydrogens is 422 g/mol. The molecule has 2 aromatic carbocycles. The summed E-state index contributed by atoms with van der Waals surface area (Å²) in [5, 5.41) is 6.87. The van der Waals surface area contributed by atoms with Crippen LogP contribution >= 0.6 is 22.9 Å². The molecule has 0 saturated carbocycles. The van der Waals surface area contributed by atoms with Gasteiger partial charge in [-0.1, -0.05) is 11.6 Å². The number of aromatic nitrogens is 1. The third kappa shape index (κ3) is 4.47. The van der Waals surface area contributed by atoms with E-state index in [0.29, 0.717) is 21.4 Å². The van der Waals surface area contributed by atoms with Gasteiger partial charge in [0.05, 0.1) is 18.7 Å². The molecule has 1 aliphatic rings. The fourth-order valence-electron chi connectivity index (χ4n) is 3.40. The van der Waals surface area contributed by atoms with Crippen LogP contribution in [-0.2, 0) is 11.2 Å². The van der Waals surface area contributed by atoms with E-state index in [9.17, 15) is 9.59 Å². The lowest BCUT2D eigenvalue weighted by Crippen LogP contribution is -2.24. The Balaban J connectivity index is 1.48. The van der Waals surface area contributed by atoms with Crippen molar-refractivity contribution in [1.82, 2.24) is 4.98 Å². The molecule has 0 aliphatic heterocycles. The largest absolute Gasteiger partial charge is 0.497 e. The molecule has 0 fully saturated rings. The van der Waals surface area contributed by atoms with Crippen LogP contribution in [0.4, 0.5) is 10.8 Å². The van der Waals surface area contributed by atoms with Gasteiger partial charge in [0.2, 0.25) is 5.91 Å². The molecule has 0 bridgehead atoms. The number of amides is 2. The summed E-state index contributed by atoms with van der Waals surface area (Å²) >= 11 is 7.31. The summed E-state index contributed by atoms with van der Waals surface area (Å²) in [4.78, 5) is 31.0. The average Bonchev–Trinajstić information content (AvgIpc) is 3.17. The Bertz CT molecular complexity index is 1060. The number of fused-ring (bicyclic) bond motifs is 1. The third-order valence-corrected chi connectivity index (χ3v) is 6.25. The van der Waals surface area contributed by atoms with Crippen molar-refractivity contribution < 1.29 is 14.3 Å². The van der Waals surface area contributed by atoms with E-state index in [-0.39, 0.29) is 17.7 Å². The van der Waals surface area contributed by atoms with Gasteiger partial charge in [-0.25, -0.2) is 4.98 Å². The second-order valence-electron chi connectivity index (χ2n) is 6.95. The Kier molecular flexibility index (Phi) is 6.01. The van der Waals surface area contributed by atoms with Crippen molar-refractivity contribution in [2.75, 3.05) is 17.7 Å². The second-order valence-corrected chi connectivity index (χ2v) is 8.47. The highest BCUT2D eigenvalue weighted by Gasteiger charge is 2.30. The number of hydrogen-bond acceptors (Lipinski definition) is 5. The maximum absolute atomic E-state index is 12.9. The normalized spacial score (nSPS) is 15.2. The molecule has 4 rings (SSSR count). The number of rotatable bonds is 5. The maximum atomic E-state index is 12.9. The highest BCUT2D eigenvalue weighted by atomic mass is 35.5. The van der Waals surface area contributed by atoms with Crippen molar-refractivity contribution in [2.45, 2.75) is 25.2 Å². The van der Waals surface area contributed by atoms with Crippen LogP contribution in [0.5, 0.6) is 5.75 Å². The molecule has 2 amide bonds. The van der Waals surface area contributed by atoms with Crippen molar-refractivity contribution in [2.24, 2.45) is 0 Å². The summed E-state index contributed by atoms with van der Waals surface area (Å²) in [7, 11) is 1.60. The fourth-order valence-corrected chi connectivity index (χ4v) is 4.59. The molecule has 8 heteroatoms. The van der Waals surface area contributed by atoms with Gasteiger partial charge in [0.25, 0.3) is 5.91 Å². The number of hydrogen-bond donors (Lipinski definition) is 2. The quantitative estimate of drug-likeness (QED) is 0.576. The summed E-state index contributed by atoms with van der Waals surface area (Å²) < 4.78 is 5.15. The van der Waals surface area contributed by atoms with Gasteiger partial charge in [-0.3, -0.25) is 14.9 Å². The number of carbonyl (C=O) groups is 2. The lowest BCUT2D eigenvalue weighted by Gasteiger charge is -2.20. The molecule has 0 spiro atoms. The van der Waals surface area contributed by atoms with Gasteiger partial charge < -0.3 is 10.1 Å². The molecule has 30 heavy (non-hydrogen) atoms. The maximum Gasteiger partial charge on any atom is 0.257 e. The molecule has 2 N–H and O–H groups in total. The van der Waals surface area contributed by atoms with E-state index >= 15 is 0 Å². The van der Waals surface area contributed by atoms with E-state index in [4.69, 9.17) is 16.3 Å². The SMILES string of the molecule is COc1ccc(NC(=O)C2CCCc3sc(NC(=O)c4ccc(Cl)cc4)nc32)cc1. The zero-order chi connectivity index (χ0) is 21.1. The van der Waals surface area contributed by atoms with Crippen molar-refractivity contribution in [1.29, 1.82) is 0 Å². The summed E-state index contributed by atoms with van der Waals surface area (Å²) in [6.45, 7) is 0. The lowest BCUT2D eigenvalue weighted by atomic mass is 9.90. The van der Waals surface area contributed by atoms with Gasteiger partial charge in [-0.15, -0.1) is 11.3 Å². The minimum atomic E-state index is -0.340. The number of ether oxygens (including phenoxy) is 1. The van der Waals surface area contributed by atoms with E-state index in [2.05, 4.69) is 15.6 Å². The van der Waals surface area contributed by atoms with Crippen LogP contribution in [0.25, 0.3) is 0 Å². The number of halogens is 1. The van der Waals surface area contributed by atoms with Crippen LogP contribution in [0.3, 0.4) is 0 Å². The first-order valence-electron chi connectivity index (χ1n) is 9.55. The third-order valence-electron chi connectivity index (χ3n) is 4.96. The van der Waals surface area contributed by atoms with Crippen molar-refractivity contribution in [3.63, 3.8) is 0 Å². The number of carbonyl (C=O) groups excluding carboxylic acids is 2. The van der Waals surface area contributed by atoms with Crippen LogP contribution in [0.2, 0.25) is 5.02 Å². The lowest BCUT2D eigenvalue weighted by molar-refractivity contribution is -0.117. The van der Waals surface area contributed by atoms with Crippen LogP contribution in [0.15, 0.2) is 48.5 Å². The zero-order valence-corrected chi connectivity index (χ0v) is 17.8. The highest BCUT2D eigenvalue weighted by molar-refractivity contribution is 7.16. The van der Waals surface area contributed by atoms with Gasteiger partial charge in [0, 0.05) is 21.2 Å². The van der Waals surface area contributed by atoms with Crippen LogP contribution in [-0.4, -0.2) is 23.9 Å². The molecule has 6 nitrogen and oxygen atoms in total. The van der Waals surface area contributed by atoms with E-state index in [1.807, 2.05) is 0 Å². The van der Waals surface area contributed by atoms with Gasteiger partial charge in [-0.2, -0.15) is 0 Å². The van der Waals surface area contributed by atoms with E-state index in [0.717, 1.165) is 35.6 Å². The van der Waals surface area contributed by atoms with Crippen LogP contribution < -0.4 is 15.4 Å². The standard InChI is InChI=1S/C22H20ClN3O3S/c1-29-16-11-9-15(10-12-16)24-21(28)17-3-2-4-18-19(17)25-22(30-18)26-20(27)13-5-7-14(23)8-6-13/h5-12,17H,2-4H2,1H3,(H,24,28)(H,25,26,27). The monoisotopic (exact) mass is 441 g/mol. The Morgan fingerprint density at radius 3 is 2.53 bits per heavy atom. The number of benzene rings is 2. The van der Waals surface area contributed by atoms with Crippen LogP contribution in [0.1, 0.15) is 39.7 Å². The first-order chi connectivity index (χ1) is 14.5. The predicted molar refractivity (Wildman–Crippen MR) is 119 cm³/mol. The Hall–Kier alpha value is -2.90. The summed E-state index contributed by atoms with van der Waals surface area (Å²) in [6.07, 6.45) is 2.49. The Morgan fingerprint density at radius 2 is 1.83 bits per heavy atom. The molecule has 1 aromatic heterocycles. The summed E-state index contributed by atoms with van der Waals surface area (Å²) in [5.41, 5.74) is 1.96. The molecule has 0 radical (unpaired) electrons. The predicted octanol–water partition coefficient (Wildman–Crippen LogP) is 5.12.